The Labute approximate surface area is 117 Å². The second-order valence-corrected chi connectivity index (χ2v) is 6.43. The van der Waals surface area contributed by atoms with Crippen molar-refractivity contribution in [2.45, 2.75) is 30.8 Å². The van der Waals surface area contributed by atoms with E-state index in [-0.39, 0.29) is 23.2 Å². The average Bonchev–Trinajstić information content (AvgIpc) is 2.89. The third kappa shape index (κ3) is 3.33. The molecular formula is C12H16N2O5S. The van der Waals surface area contributed by atoms with Gasteiger partial charge in [0.1, 0.15) is 0 Å². The number of ether oxygens (including phenoxy) is 1. The molecule has 1 saturated heterocycles. The van der Waals surface area contributed by atoms with Crippen LogP contribution in [-0.2, 0) is 14.8 Å². The van der Waals surface area contributed by atoms with E-state index in [1.54, 1.807) is 6.92 Å². The highest BCUT2D eigenvalue weighted by Gasteiger charge is 2.23. The molecule has 110 valence electrons. The van der Waals surface area contributed by atoms with E-state index < -0.39 is 14.9 Å². The number of non-ortho nitro benzene ring substituents is 1. The summed E-state index contributed by atoms with van der Waals surface area (Å²) in [6.45, 7) is 2.43. The molecule has 0 aromatic heterocycles. The Balaban J connectivity index is 2.19. The quantitative estimate of drug-likeness (QED) is 0.654. The second-order valence-electron chi connectivity index (χ2n) is 4.69. The van der Waals surface area contributed by atoms with E-state index in [1.807, 2.05) is 0 Å². The van der Waals surface area contributed by atoms with E-state index in [0.29, 0.717) is 12.2 Å². The van der Waals surface area contributed by atoms with Gasteiger partial charge in [-0.1, -0.05) is 6.07 Å². The van der Waals surface area contributed by atoms with Crippen LogP contribution in [0.1, 0.15) is 18.4 Å². The maximum atomic E-state index is 12.2. The SMILES string of the molecule is Cc1ccc([N+](=O)[O-])cc1S(=O)(=O)NC[C@@H]1CCCO1. The zero-order chi connectivity index (χ0) is 14.8. The molecule has 1 fully saturated rings. The van der Waals surface area contributed by atoms with Gasteiger partial charge >= 0.3 is 0 Å². The molecule has 2 rings (SSSR count). The van der Waals surface area contributed by atoms with Crippen molar-refractivity contribution in [2.24, 2.45) is 0 Å². The van der Waals surface area contributed by atoms with Crippen LogP contribution in [0.25, 0.3) is 0 Å². The molecule has 0 bridgehead atoms. The third-order valence-corrected chi connectivity index (χ3v) is 4.76. The van der Waals surface area contributed by atoms with Gasteiger partial charge in [-0.15, -0.1) is 0 Å². The minimum atomic E-state index is -3.77. The molecule has 1 heterocycles. The molecule has 0 aliphatic carbocycles. The van der Waals surface area contributed by atoms with Crippen molar-refractivity contribution in [2.75, 3.05) is 13.2 Å². The van der Waals surface area contributed by atoms with E-state index in [1.165, 1.54) is 12.1 Å². The summed E-state index contributed by atoms with van der Waals surface area (Å²) in [7, 11) is -3.77. The van der Waals surface area contributed by atoms with E-state index in [4.69, 9.17) is 4.74 Å². The molecule has 0 radical (unpaired) electrons. The minimum absolute atomic E-state index is 0.0651. The van der Waals surface area contributed by atoms with Crippen LogP contribution in [0.3, 0.4) is 0 Å². The number of aryl methyl sites for hydroxylation is 1. The Morgan fingerprint density at radius 2 is 2.25 bits per heavy atom. The summed E-state index contributed by atoms with van der Waals surface area (Å²) in [5.41, 5.74) is 0.225. The highest BCUT2D eigenvalue weighted by atomic mass is 32.2. The van der Waals surface area contributed by atoms with Crippen LogP contribution in [0.4, 0.5) is 5.69 Å². The number of sulfonamides is 1. The molecule has 8 heteroatoms. The van der Waals surface area contributed by atoms with Crippen molar-refractivity contribution >= 4 is 15.7 Å². The Morgan fingerprint density at radius 3 is 2.85 bits per heavy atom. The van der Waals surface area contributed by atoms with Gasteiger partial charge in [-0.3, -0.25) is 10.1 Å². The number of hydrogen-bond acceptors (Lipinski definition) is 5. The monoisotopic (exact) mass is 300 g/mol. The van der Waals surface area contributed by atoms with Crippen LogP contribution in [0.15, 0.2) is 23.1 Å². The summed E-state index contributed by atoms with van der Waals surface area (Å²) < 4.78 is 32.2. The van der Waals surface area contributed by atoms with Crippen molar-refractivity contribution in [1.82, 2.24) is 4.72 Å². The highest BCUT2D eigenvalue weighted by molar-refractivity contribution is 7.89. The number of rotatable bonds is 5. The maximum absolute atomic E-state index is 12.2. The lowest BCUT2D eigenvalue weighted by atomic mass is 10.2. The summed E-state index contributed by atoms with van der Waals surface area (Å²) in [5, 5.41) is 10.7. The molecule has 0 spiro atoms. The second kappa shape index (κ2) is 5.86. The fourth-order valence-corrected chi connectivity index (χ4v) is 3.41. The molecule has 0 saturated carbocycles. The predicted molar refractivity (Wildman–Crippen MR) is 72.0 cm³/mol. The van der Waals surface area contributed by atoms with E-state index in [2.05, 4.69) is 4.72 Å². The molecule has 0 unspecified atom stereocenters. The molecule has 20 heavy (non-hydrogen) atoms. The maximum Gasteiger partial charge on any atom is 0.270 e. The number of benzene rings is 1. The van der Waals surface area contributed by atoms with Crippen LogP contribution >= 0.6 is 0 Å². The van der Waals surface area contributed by atoms with Crippen molar-refractivity contribution in [3.05, 3.63) is 33.9 Å². The van der Waals surface area contributed by atoms with E-state index >= 15 is 0 Å². The Hall–Kier alpha value is -1.51. The van der Waals surface area contributed by atoms with Crippen molar-refractivity contribution in [1.29, 1.82) is 0 Å². The fraction of sp³-hybridized carbons (Fsp3) is 0.500. The number of nitrogens with one attached hydrogen (secondary N) is 1. The number of hydrogen-bond donors (Lipinski definition) is 1. The van der Waals surface area contributed by atoms with Crippen LogP contribution < -0.4 is 4.72 Å². The first kappa shape index (κ1) is 14.9. The van der Waals surface area contributed by atoms with Crippen molar-refractivity contribution < 1.29 is 18.1 Å². The van der Waals surface area contributed by atoms with Gasteiger partial charge in [-0.25, -0.2) is 13.1 Å². The number of nitrogens with zero attached hydrogens (tertiary/aromatic N) is 1. The van der Waals surface area contributed by atoms with Gasteiger partial charge in [0.05, 0.1) is 15.9 Å². The summed E-state index contributed by atoms with van der Waals surface area (Å²) in [5.74, 6) is 0. The summed E-state index contributed by atoms with van der Waals surface area (Å²) >= 11 is 0. The Morgan fingerprint density at radius 1 is 1.50 bits per heavy atom. The average molecular weight is 300 g/mol. The highest BCUT2D eigenvalue weighted by Crippen LogP contribution is 2.22. The normalized spacial score (nSPS) is 19.1. The molecule has 1 aromatic rings. The Kier molecular flexibility index (Phi) is 4.36. The first-order valence-corrected chi connectivity index (χ1v) is 7.75. The minimum Gasteiger partial charge on any atom is -0.377 e. The zero-order valence-corrected chi connectivity index (χ0v) is 11.9. The lowest BCUT2D eigenvalue weighted by Gasteiger charge is -2.12. The fourth-order valence-electron chi connectivity index (χ4n) is 2.08. The summed E-state index contributed by atoms with van der Waals surface area (Å²) in [6.07, 6.45) is 1.61. The Bertz CT molecular complexity index is 608. The van der Waals surface area contributed by atoms with Gasteiger partial charge in [-0.05, 0) is 25.3 Å². The van der Waals surface area contributed by atoms with Gasteiger partial charge in [0.15, 0.2) is 0 Å². The van der Waals surface area contributed by atoms with Crippen molar-refractivity contribution in [3.8, 4) is 0 Å². The molecule has 7 nitrogen and oxygen atoms in total. The molecule has 1 N–H and O–H groups in total. The van der Waals surface area contributed by atoms with Gasteiger partial charge in [0, 0.05) is 25.3 Å². The lowest BCUT2D eigenvalue weighted by molar-refractivity contribution is -0.385. The first-order valence-electron chi connectivity index (χ1n) is 6.26. The number of nitro benzene ring substituents is 1. The van der Waals surface area contributed by atoms with Gasteiger partial charge < -0.3 is 4.74 Å². The van der Waals surface area contributed by atoms with Crippen LogP contribution in [-0.4, -0.2) is 32.6 Å². The molecule has 1 atom stereocenters. The zero-order valence-electron chi connectivity index (χ0n) is 11.0. The number of nitro groups is 1. The smallest absolute Gasteiger partial charge is 0.270 e. The summed E-state index contributed by atoms with van der Waals surface area (Å²) in [4.78, 5) is 10.1. The van der Waals surface area contributed by atoms with E-state index in [0.717, 1.165) is 18.9 Å². The summed E-state index contributed by atoms with van der Waals surface area (Å²) in [6, 6.07) is 3.79. The van der Waals surface area contributed by atoms with Crippen LogP contribution in [0, 0.1) is 17.0 Å². The lowest BCUT2D eigenvalue weighted by Crippen LogP contribution is -2.32. The molecular weight excluding hydrogens is 284 g/mol. The van der Waals surface area contributed by atoms with Crippen molar-refractivity contribution in [3.63, 3.8) is 0 Å². The van der Waals surface area contributed by atoms with Gasteiger partial charge in [0.25, 0.3) is 5.69 Å². The largest absolute Gasteiger partial charge is 0.377 e. The predicted octanol–water partition coefficient (Wildman–Crippen LogP) is 1.36. The van der Waals surface area contributed by atoms with Crippen LogP contribution in [0.5, 0.6) is 0 Å². The standard InChI is InChI=1S/C12H16N2O5S/c1-9-4-5-10(14(15)16)7-12(9)20(17,18)13-8-11-3-2-6-19-11/h4-5,7,11,13H,2-3,6,8H2,1H3/t11-/m0/s1. The molecule has 1 aromatic carbocycles. The van der Waals surface area contributed by atoms with Crippen LogP contribution in [0.2, 0.25) is 0 Å². The van der Waals surface area contributed by atoms with Gasteiger partial charge in [0.2, 0.25) is 10.0 Å². The molecule has 1 aliphatic heterocycles. The molecule has 0 amide bonds. The van der Waals surface area contributed by atoms with E-state index in [9.17, 15) is 18.5 Å². The molecule has 1 aliphatic rings. The first-order chi connectivity index (χ1) is 9.40. The van der Waals surface area contributed by atoms with Gasteiger partial charge in [-0.2, -0.15) is 0 Å². The third-order valence-electron chi connectivity index (χ3n) is 3.20. The topological polar surface area (TPSA) is 98.5 Å².